The average Bonchev–Trinajstić information content (AvgIpc) is 3.35. The summed E-state index contributed by atoms with van der Waals surface area (Å²) < 4.78 is 11.8. The van der Waals surface area contributed by atoms with Gasteiger partial charge in [0.1, 0.15) is 10.5 Å². The highest BCUT2D eigenvalue weighted by Crippen LogP contribution is 2.34. The van der Waals surface area contributed by atoms with Crippen LogP contribution in [0.1, 0.15) is 115 Å². The second-order valence-electron chi connectivity index (χ2n) is 12.9. The molecule has 1 fully saturated rings. The van der Waals surface area contributed by atoms with Gasteiger partial charge < -0.3 is 19.3 Å². The Morgan fingerprint density at radius 2 is 1.39 bits per heavy atom. The fourth-order valence-corrected chi connectivity index (χ4v) is 7.16. The number of hydrogen-bond donors (Lipinski definition) is 0. The lowest BCUT2D eigenvalue weighted by atomic mass is 10.0. The molecule has 1 saturated heterocycles. The van der Waals surface area contributed by atoms with E-state index in [9.17, 15) is 9.59 Å². The van der Waals surface area contributed by atoms with Crippen molar-refractivity contribution >= 4 is 40.6 Å². The number of carbonyl (C=O) groups is 2. The molecule has 9 heteroatoms. The number of benzene rings is 1. The van der Waals surface area contributed by atoms with E-state index in [-0.39, 0.29) is 5.97 Å². The van der Waals surface area contributed by atoms with Gasteiger partial charge >= 0.3 is 12.1 Å². The van der Waals surface area contributed by atoms with Crippen molar-refractivity contribution in [3.05, 3.63) is 45.1 Å². The summed E-state index contributed by atoms with van der Waals surface area (Å²) in [4.78, 5) is 38.4. The van der Waals surface area contributed by atoms with Crippen LogP contribution in [0.25, 0.3) is 5.82 Å². The molecule has 0 radical (unpaired) electrons. The topological polar surface area (TPSA) is 74.7 Å². The molecule has 2 aromatic rings. The molecule has 2 aliphatic rings. The van der Waals surface area contributed by atoms with Crippen LogP contribution in [-0.2, 0) is 14.3 Å². The first kappa shape index (κ1) is 35.9. The van der Waals surface area contributed by atoms with Gasteiger partial charge in [-0.2, -0.15) is 0 Å². The number of hydrogen-bond acceptors (Lipinski definition) is 8. The third-order valence-corrected chi connectivity index (χ3v) is 9.95. The number of likely N-dealkylation sites (N-methyl/N-ethyl adjacent to an activating group) is 1. The van der Waals surface area contributed by atoms with Gasteiger partial charge in [0.15, 0.2) is 0 Å². The highest BCUT2D eigenvalue weighted by Gasteiger charge is 2.32. The number of amides is 1. The minimum Gasteiger partial charge on any atom is -0.428 e. The van der Waals surface area contributed by atoms with Crippen LogP contribution in [0.2, 0.25) is 0 Å². The minimum atomic E-state index is -0.576. The predicted octanol–water partition coefficient (Wildman–Crippen LogP) is 8.04. The van der Waals surface area contributed by atoms with E-state index in [4.69, 9.17) is 14.5 Å². The lowest BCUT2D eigenvalue weighted by Crippen LogP contribution is -2.51. The molecule has 3 heterocycles. The number of thiophene rings is 1. The van der Waals surface area contributed by atoms with E-state index in [1.807, 2.05) is 24.3 Å². The Bertz CT molecular complexity index is 1350. The van der Waals surface area contributed by atoms with Crippen LogP contribution in [0, 0.1) is 6.92 Å². The summed E-state index contributed by atoms with van der Waals surface area (Å²) in [5, 5.41) is 0.922. The monoisotopic (exact) mass is 652 g/mol. The normalized spacial score (nSPS) is 14.8. The van der Waals surface area contributed by atoms with E-state index in [2.05, 4.69) is 36.8 Å². The minimum absolute atomic E-state index is 0.326. The van der Waals surface area contributed by atoms with E-state index in [0.29, 0.717) is 17.8 Å². The number of ether oxygens (including phenoxy) is 2. The average molecular weight is 653 g/mol. The molecule has 1 aromatic heterocycles. The zero-order chi connectivity index (χ0) is 32.6. The molecular formula is C37H56N4O4S. The van der Waals surface area contributed by atoms with Crippen molar-refractivity contribution < 1.29 is 19.1 Å². The quantitative estimate of drug-likeness (QED) is 0.0869. The molecule has 254 valence electrons. The second-order valence-corrected chi connectivity index (χ2v) is 14.1. The largest absolute Gasteiger partial charge is 0.428 e. The SMILES string of the molecule is CCCCCCCCCCCCCCCCCC(=O)OCOC(=O)N1C(N2CCN(C)CC2)=c2cc(C)sc2=Nc2ccccc21. The molecule has 0 bridgehead atoms. The maximum Gasteiger partial charge on any atom is 0.423 e. The molecule has 1 amide bonds. The van der Waals surface area contributed by atoms with Gasteiger partial charge in [0.2, 0.25) is 6.79 Å². The van der Waals surface area contributed by atoms with E-state index >= 15 is 0 Å². The van der Waals surface area contributed by atoms with Gasteiger partial charge in [-0.1, -0.05) is 109 Å². The van der Waals surface area contributed by atoms with Gasteiger partial charge in [-0.25, -0.2) is 14.7 Å². The Hall–Kier alpha value is -2.91. The van der Waals surface area contributed by atoms with Crippen LogP contribution < -0.4 is 14.8 Å². The summed E-state index contributed by atoms with van der Waals surface area (Å²) in [7, 11) is 2.11. The second kappa shape index (κ2) is 19.7. The smallest absolute Gasteiger partial charge is 0.423 e. The maximum atomic E-state index is 13.8. The lowest BCUT2D eigenvalue weighted by Gasteiger charge is -2.38. The van der Waals surface area contributed by atoms with Crippen molar-refractivity contribution in [3.63, 3.8) is 0 Å². The molecule has 8 nitrogen and oxygen atoms in total. The number of carbonyl (C=O) groups excluding carboxylic acids is 2. The number of nitrogens with zero attached hydrogens (tertiary/aromatic N) is 4. The molecule has 0 aliphatic carbocycles. The van der Waals surface area contributed by atoms with Crippen molar-refractivity contribution in [1.82, 2.24) is 9.80 Å². The summed E-state index contributed by atoms with van der Waals surface area (Å²) in [5.41, 5.74) is 1.36. The predicted molar refractivity (Wildman–Crippen MR) is 188 cm³/mol. The number of rotatable bonds is 19. The molecule has 0 N–H and O–H groups in total. The fraction of sp³-hybridized carbons (Fsp3) is 0.649. The van der Waals surface area contributed by atoms with Crippen LogP contribution in [-0.4, -0.2) is 61.9 Å². The van der Waals surface area contributed by atoms with Crippen molar-refractivity contribution in [2.75, 3.05) is 44.9 Å². The first-order chi connectivity index (χ1) is 22.5. The summed E-state index contributed by atoms with van der Waals surface area (Å²) >= 11 is 1.62. The first-order valence-corrected chi connectivity index (χ1v) is 18.6. The van der Waals surface area contributed by atoms with Crippen molar-refractivity contribution in [2.24, 2.45) is 4.99 Å². The van der Waals surface area contributed by atoms with Crippen LogP contribution in [0.3, 0.4) is 0 Å². The maximum absolute atomic E-state index is 13.8. The Morgan fingerprint density at radius 3 is 2.02 bits per heavy atom. The zero-order valence-corrected chi connectivity index (χ0v) is 29.4. The van der Waals surface area contributed by atoms with Gasteiger partial charge in [-0.15, -0.1) is 11.3 Å². The summed E-state index contributed by atoms with van der Waals surface area (Å²) in [5.74, 6) is 0.447. The highest BCUT2D eigenvalue weighted by molar-refractivity contribution is 7.09. The standard InChI is InChI=1S/C37H56N4O4S/c1-4-5-6-7-8-9-10-11-12-13-14-15-16-17-18-23-34(42)44-29-45-37(43)41-33-22-20-19-21-32(33)38-35-31(28-30(2)46-35)36(41)40-26-24-39(3)25-27-40/h19-22,28H,4-18,23-27,29H2,1-3H3. The molecule has 46 heavy (non-hydrogen) atoms. The van der Waals surface area contributed by atoms with Gasteiger partial charge in [-0.05, 0) is 38.6 Å². The number of anilines is 1. The summed E-state index contributed by atoms with van der Waals surface area (Å²) in [6, 6.07) is 9.73. The number of esters is 1. The van der Waals surface area contributed by atoms with Crippen LogP contribution in [0.4, 0.5) is 16.2 Å². The number of fused-ring (bicyclic) bond motifs is 2. The van der Waals surface area contributed by atoms with Gasteiger partial charge in [0, 0.05) is 37.5 Å². The summed E-state index contributed by atoms with van der Waals surface area (Å²) in [6.07, 6.45) is 19.0. The molecule has 0 atom stereocenters. The lowest BCUT2D eigenvalue weighted by molar-refractivity contribution is -0.151. The number of para-hydroxylation sites is 2. The van der Waals surface area contributed by atoms with Crippen molar-refractivity contribution in [2.45, 2.75) is 117 Å². The van der Waals surface area contributed by atoms with Gasteiger partial charge in [0.05, 0.1) is 16.6 Å². The fourth-order valence-electron chi connectivity index (χ4n) is 6.27. The molecule has 2 aliphatic heterocycles. The number of aryl methyl sites for hydroxylation is 1. The van der Waals surface area contributed by atoms with E-state index in [0.717, 1.165) is 66.0 Å². The molecule has 0 spiro atoms. The Kier molecular flexibility index (Phi) is 15.4. The van der Waals surface area contributed by atoms with Crippen LogP contribution in [0.15, 0.2) is 35.3 Å². The summed E-state index contributed by atoms with van der Waals surface area (Å²) in [6.45, 7) is 7.26. The molecular weight excluding hydrogens is 596 g/mol. The van der Waals surface area contributed by atoms with Gasteiger partial charge in [-0.3, -0.25) is 4.79 Å². The number of unbranched alkanes of at least 4 members (excludes halogenated alkanes) is 14. The van der Waals surface area contributed by atoms with Crippen LogP contribution in [0.5, 0.6) is 0 Å². The molecule has 1 aromatic carbocycles. The van der Waals surface area contributed by atoms with Crippen molar-refractivity contribution in [3.8, 4) is 0 Å². The molecule has 0 saturated carbocycles. The van der Waals surface area contributed by atoms with E-state index in [1.165, 1.54) is 77.0 Å². The Morgan fingerprint density at radius 1 is 0.804 bits per heavy atom. The van der Waals surface area contributed by atoms with E-state index in [1.54, 1.807) is 16.2 Å². The van der Waals surface area contributed by atoms with Crippen LogP contribution >= 0.6 is 11.3 Å². The van der Waals surface area contributed by atoms with E-state index < -0.39 is 12.9 Å². The third kappa shape index (κ3) is 11.1. The third-order valence-electron chi connectivity index (χ3n) is 9.01. The molecule has 0 unspecified atom stereocenters. The van der Waals surface area contributed by atoms with Crippen molar-refractivity contribution in [1.29, 1.82) is 0 Å². The van der Waals surface area contributed by atoms with Gasteiger partial charge in [0.25, 0.3) is 0 Å². The Labute approximate surface area is 280 Å². The first-order valence-electron chi connectivity index (χ1n) is 17.8. The molecule has 4 rings (SSSR count). The Balaban J connectivity index is 1.19. The zero-order valence-electron chi connectivity index (χ0n) is 28.6. The number of piperazine rings is 1. The highest BCUT2D eigenvalue weighted by atomic mass is 32.1.